The molecule has 5 nitrogen and oxygen atoms in total. The van der Waals surface area contributed by atoms with Gasteiger partial charge in [-0.05, 0) is 48.3 Å². The minimum atomic E-state index is -0.271. The lowest BCUT2D eigenvalue weighted by atomic mass is 9.63. The molecule has 6 rings (SSSR count). The molecular formula is C20H18Cl2N2O3. The van der Waals surface area contributed by atoms with Crippen molar-refractivity contribution in [1.82, 2.24) is 4.90 Å². The number of hydrogen-bond acceptors (Lipinski definition) is 3. The van der Waals surface area contributed by atoms with Gasteiger partial charge in [0, 0.05) is 18.7 Å². The first kappa shape index (κ1) is 17.3. The minimum Gasteiger partial charge on any atom is -0.326 e. The van der Waals surface area contributed by atoms with Crippen LogP contribution in [0.1, 0.15) is 12.8 Å². The molecule has 0 unspecified atom stereocenters. The molecule has 1 heterocycles. The van der Waals surface area contributed by atoms with E-state index in [1.165, 1.54) is 4.90 Å². The fraction of sp³-hybridized carbons (Fsp3) is 0.450. The van der Waals surface area contributed by atoms with Crippen molar-refractivity contribution in [2.45, 2.75) is 12.8 Å². The summed E-state index contributed by atoms with van der Waals surface area (Å²) in [5.74, 6) is 0.672. The maximum Gasteiger partial charge on any atom is 0.233 e. The van der Waals surface area contributed by atoms with E-state index in [1.807, 2.05) is 0 Å². The fourth-order valence-electron chi connectivity index (χ4n) is 5.25. The zero-order valence-corrected chi connectivity index (χ0v) is 15.9. The molecule has 3 fully saturated rings. The normalized spacial score (nSPS) is 35.3. The van der Waals surface area contributed by atoms with E-state index >= 15 is 0 Å². The zero-order valence-electron chi connectivity index (χ0n) is 14.4. The Morgan fingerprint density at radius 2 is 1.67 bits per heavy atom. The summed E-state index contributed by atoms with van der Waals surface area (Å²) in [7, 11) is 0. The van der Waals surface area contributed by atoms with Gasteiger partial charge in [0.05, 0.1) is 21.9 Å². The number of hydrogen-bond donors (Lipinski definition) is 1. The highest BCUT2D eigenvalue weighted by molar-refractivity contribution is 6.42. The molecule has 2 bridgehead atoms. The second-order valence-corrected chi connectivity index (χ2v) is 8.72. The molecule has 1 saturated heterocycles. The molecule has 7 heteroatoms. The van der Waals surface area contributed by atoms with Gasteiger partial charge in [0.2, 0.25) is 17.7 Å². The Labute approximate surface area is 166 Å². The first-order valence-corrected chi connectivity index (χ1v) is 10.00. The van der Waals surface area contributed by atoms with Crippen LogP contribution in [0.15, 0.2) is 30.4 Å². The molecule has 140 valence electrons. The van der Waals surface area contributed by atoms with E-state index in [0.717, 1.165) is 6.42 Å². The van der Waals surface area contributed by atoms with Crippen LogP contribution < -0.4 is 5.32 Å². The van der Waals surface area contributed by atoms with Crippen molar-refractivity contribution in [2.75, 3.05) is 11.9 Å². The monoisotopic (exact) mass is 404 g/mol. The lowest BCUT2D eigenvalue weighted by Crippen LogP contribution is -2.40. The molecule has 2 saturated carbocycles. The van der Waals surface area contributed by atoms with E-state index in [2.05, 4.69) is 17.5 Å². The number of amides is 3. The molecule has 0 aromatic heterocycles. The lowest BCUT2D eigenvalue weighted by molar-refractivity contribution is -0.140. The summed E-state index contributed by atoms with van der Waals surface area (Å²) in [5, 5.41) is 3.49. The third-order valence-corrected chi connectivity index (χ3v) is 7.26. The molecular weight excluding hydrogens is 387 g/mol. The number of halogens is 2. The summed E-state index contributed by atoms with van der Waals surface area (Å²) >= 11 is 11.8. The van der Waals surface area contributed by atoms with Gasteiger partial charge >= 0.3 is 0 Å². The predicted molar refractivity (Wildman–Crippen MR) is 101 cm³/mol. The van der Waals surface area contributed by atoms with E-state index in [0.29, 0.717) is 27.6 Å². The van der Waals surface area contributed by atoms with Crippen molar-refractivity contribution >= 4 is 46.6 Å². The summed E-state index contributed by atoms with van der Waals surface area (Å²) in [4.78, 5) is 39.3. The topological polar surface area (TPSA) is 66.5 Å². The molecule has 0 radical (unpaired) electrons. The fourth-order valence-corrected chi connectivity index (χ4v) is 5.55. The van der Waals surface area contributed by atoms with Crippen LogP contribution in [0.4, 0.5) is 5.69 Å². The number of nitrogens with one attached hydrogen (secondary N) is 1. The van der Waals surface area contributed by atoms with Crippen LogP contribution in [0.25, 0.3) is 0 Å². The molecule has 6 atom stereocenters. The smallest absolute Gasteiger partial charge is 0.233 e. The molecule has 1 aromatic carbocycles. The summed E-state index contributed by atoms with van der Waals surface area (Å²) in [6.45, 7) is 0.118. The largest absolute Gasteiger partial charge is 0.326 e. The van der Waals surface area contributed by atoms with Gasteiger partial charge in [0.15, 0.2) is 0 Å². The molecule has 1 aromatic rings. The molecule has 1 N–H and O–H groups in total. The highest BCUT2D eigenvalue weighted by Gasteiger charge is 2.66. The molecule has 0 spiro atoms. The average Bonchev–Trinajstić information content (AvgIpc) is 3.42. The second-order valence-electron chi connectivity index (χ2n) is 7.91. The third-order valence-electron chi connectivity index (χ3n) is 6.52. The first-order valence-electron chi connectivity index (χ1n) is 9.24. The van der Waals surface area contributed by atoms with Gasteiger partial charge in [-0.25, -0.2) is 0 Å². The Bertz CT molecular complexity index is 863. The van der Waals surface area contributed by atoms with Crippen molar-refractivity contribution in [3.05, 3.63) is 40.4 Å². The zero-order chi connectivity index (χ0) is 18.9. The number of likely N-dealkylation sites (tertiary alicyclic amines) is 1. The van der Waals surface area contributed by atoms with Crippen molar-refractivity contribution < 1.29 is 14.4 Å². The molecule has 3 amide bonds. The standard InChI is InChI=1S/C20H18Cl2N2O3/c21-14-4-1-9(7-15(14)22)23-16(25)5-6-24-19(26)17-10-2-3-11(13-8-12(10)13)18(17)20(24)27/h1-4,7,10-13,17-18H,5-6,8H2,(H,23,25)/t10-,11+,12-,13-,17+,18+/m1/s1. The first-order chi connectivity index (χ1) is 13.0. The van der Waals surface area contributed by atoms with Gasteiger partial charge in [-0.15, -0.1) is 0 Å². The third kappa shape index (κ3) is 2.63. The Kier molecular flexibility index (Phi) is 3.89. The molecule has 1 aliphatic heterocycles. The van der Waals surface area contributed by atoms with Crippen LogP contribution >= 0.6 is 23.2 Å². The second kappa shape index (κ2) is 6.08. The Balaban J connectivity index is 1.24. The van der Waals surface area contributed by atoms with E-state index in [9.17, 15) is 14.4 Å². The average molecular weight is 405 g/mol. The van der Waals surface area contributed by atoms with Gasteiger partial charge in [-0.2, -0.15) is 0 Å². The number of imide groups is 1. The summed E-state index contributed by atoms with van der Waals surface area (Å²) in [6, 6.07) is 4.83. The molecule has 27 heavy (non-hydrogen) atoms. The Morgan fingerprint density at radius 3 is 2.26 bits per heavy atom. The van der Waals surface area contributed by atoms with Gasteiger partial charge < -0.3 is 5.32 Å². The minimum absolute atomic E-state index is 0.0623. The summed E-state index contributed by atoms with van der Waals surface area (Å²) in [6.07, 6.45) is 5.49. The van der Waals surface area contributed by atoms with Crippen molar-refractivity contribution in [1.29, 1.82) is 0 Å². The summed E-state index contributed by atoms with van der Waals surface area (Å²) < 4.78 is 0. The molecule has 5 aliphatic rings. The number of carbonyl (C=O) groups excluding carboxylic acids is 3. The van der Waals surface area contributed by atoms with Gasteiger partial charge in [-0.1, -0.05) is 35.4 Å². The Hall–Kier alpha value is -1.85. The number of rotatable bonds is 4. The van der Waals surface area contributed by atoms with E-state index in [4.69, 9.17) is 23.2 Å². The highest BCUT2D eigenvalue weighted by atomic mass is 35.5. The van der Waals surface area contributed by atoms with Crippen LogP contribution in [-0.2, 0) is 14.4 Å². The van der Waals surface area contributed by atoms with E-state index in [-0.39, 0.29) is 54.4 Å². The van der Waals surface area contributed by atoms with Crippen LogP contribution in [-0.4, -0.2) is 29.2 Å². The maximum absolute atomic E-state index is 12.9. The molecule has 4 aliphatic carbocycles. The van der Waals surface area contributed by atoms with Gasteiger partial charge in [0.1, 0.15) is 0 Å². The maximum atomic E-state index is 12.9. The van der Waals surface area contributed by atoms with Crippen molar-refractivity contribution in [3.8, 4) is 0 Å². The predicted octanol–water partition coefficient (Wildman–Crippen LogP) is 3.38. The van der Waals surface area contributed by atoms with Crippen molar-refractivity contribution in [3.63, 3.8) is 0 Å². The quantitative estimate of drug-likeness (QED) is 0.617. The van der Waals surface area contributed by atoms with Crippen molar-refractivity contribution in [2.24, 2.45) is 35.5 Å². The number of carbonyl (C=O) groups is 3. The van der Waals surface area contributed by atoms with Crippen LogP contribution in [0.2, 0.25) is 10.0 Å². The SMILES string of the molecule is O=C(CCN1C(=O)[C@H]2[C@@H]3C=C[C@@H]([C@H]4C[C@H]34)[C@@H]2C1=O)Nc1ccc(Cl)c(Cl)c1. The van der Waals surface area contributed by atoms with Gasteiger partial charge in [0.25, 0.3) is 0 Å². The van der Waals surface area contributed by atoms with E-state index < -0.39 is 0 Å². The van der Waals surface area contributed by atoms with E-state index in [1.54, 1.807) is 18.2 Å². The van der Waals surface area contributed by atoms with Crippen LogP contribution in [0.5, 0.6) is 0 Å². The summed E-state index contributed by atoms with van der Waals surface area (Å²) in [5.41, 5.74) is 0.532. The van der Waals surface area contributed by atoms with Crippen LogP contribution in [0.3, 0.4) is 0 Å². The number of benzene rings is 1. The number of anilines is 1. The highest BCUT2D eigenvalue weighted by Crippen LogP contribution is 2.65. The van der Waals surface area contributed by atoms with Crippen LogP contribution in [0, 0.1) is 35.5 Å². The van der Waals surface area contributed by atoms with Gasteiger partial charge in [-0.3, -0.25) is 19.3 Å². The lowest BCUT2D eigenvalue weighted by Gasteiger charge is -2.37. The number of allylic oxidation sites excluding steroid dienone is 2. The number of nitrogens with zero attached hydrogens (tertiary/aromatic N) is 1. The Morgan fingerprint density at radius 1 is 1.04 bits per heavy atom.